The molecule has 1 aliphatic heterocycles. The highest BCUT2D eigenvalue weighted by Crippen LogP contribution is 2.32. The van der Waals surface area contributed by atoms with E-state index in [-0.39, 0.29) is 17.2 Å². The summed E-state index contributed by atoms with van der Waals surface area (Å²) < 4.78 is 0. The maximum Gasteiger partial charge on any atom is 0.327 e. The topological polar surface area (TPSA) is 83.6 Å². The number of hydrogen-bond donors (Lipinski definition) is 2. The Balaban J connectivity index is 2.88. The van der Waals surface area contributed by atoms with Crippen LogP contribution in [0, 0.1) is 5.92 Å². The highest BCUT2D eigenvalue weighted by Gasteiger charge is 2.42. The van der Waals surface area contributed by atoms with Crippen molar-refractivity contribution in [3.05, 3.63) is 0 Å². The smallest absolute Gasteiger partial charge is 0.327 e. The molecule has 0 aromatic heterocycles. The van der Waals surface area contributed by atoms with Crippen molar-refractivity contribution in [2.75, 3.05) is 5.75 Å². The summed E-state index contributed by atoms with van der Waals surface area (Å²) in [7, 11) is 0. The molecule has 1 rings (SSSR count). The van der Waals surface area contributed by atoms with Crippen molar-refractivity contribution in [3.63, 3.8) is 0 Å². The Morgan fingerprint density at radius 2 is 2.12 bits per heavy atom. The molecule has 3 atom stereocenters. The van der Waals surface area contributed by atoms with Gasteiger partial charge < -0.3 is 15.7 Å². The number of hydrogen-bond acceptors (Lipinski definition) is 4. The van der Waals surface area contributed by atoms with E-state index in [4.69, 9.17) is 10.8 Å². The Hall–Kier alpha value is -0.750. The van der Waals surface area contributed by atoms with Crippen molar-refractivity contribution < 1.29 is 14.7 Å². The molecule has 6 heteroatoms. The summed E-state index contributed by atoms with van der Waals surface area (Å²) >= 11 is 1.51. The molecule has 3 unspecified atom stereocenters. The van der Waals surface area contributed by atoms with Gasteiger partial charge in [0.15, 0.2) is 0 Å². The molecule has 0 bridgehead atoms. The highest BCUT2D eigenvalue weighted by atomic mass is 32.2. The van der Waals surface area contributed by atoms with E-state index in [2.05, 4.69) is 0 Å². The number of rotatable bonds is 4. The molecule has 0 spiro atoms. The molecule has 17 heavy (non-hydrogen) atoms. The van der Waals surface area contributed by atoms with Gasteiger partial charge in [-0.3, -0.25) is 4.79 Å². The number of amides is 1. The first-order valence-corrected chi connectivity index (χ1v) is 6.87. The average molecular weight is 260 g/mol. The number of carbonyl (C=O) groups is 2. The molecule has 0 radical (unpaired) electrons. The molecular weight excluding hydrogens is 240 g/mol. The molecule has 0 aromatic carbocycles. The van der Waals surface area contributed by atoms with Crippen molar-refractivity contribution >= 4 is 23.6 Å². The third-order valence-corrected chi connectivity index (χ3v) is 4.44. The lowest BCUT2D eigenvalue weighted by Crippen LogP contribution is -2.53. The zero-order chi connectivity index (χ0) is 13.2. The molecule has 98 valence electrons. The Labute approximate surface area is 106 Å². The summed E-state index contributed by atoms with van der Waals surface area (Å²) in [6, 6.07) is -1.35. The summed E-state index contributed by atoms with van der Waals surface area (Å²) in [6.07, 6.45) is 0.741. The second-order valence-electron chi connectivity index (χ2n) is 4.57. The fourth-order valence-electron chi connectivity index (χ4n) is 1.82. The van der Waals surface area contributed by atoms with Gasteiger partial charge in [0.25, 0.3) is 0 Å². The molecule has 3 N–H and O–H groups in total. The summed E-state index contributed by atoms with van der Waals surface area (Å²) in [6.45, 7) is 5.67. The zero-order valence-electron chi connectivity index (χ0n) is 10.4. The van der Waals surface area contributed by atoms with Crippen LogP contribution < -0.4 is 5.73 Å². The van der Waals surface area contributed by atoms with Crippen LogP contribution in [0.3, 0.4) is 0 Å². The lowest BCUT2D eigenvalue weighted by Gasteiger charge is -2.30. The van der Waals surface area contributed by atoms with Crippen LogP contribution in [0.4, 0.5) is 0 Å². The van der Waals surface area contributed by atoms with Crippen molar-refractivity contribution in [2.45, 2.75) is 44.6 Å². The molecule has 5 nitrogen and oxygen atoms in total. The minimum absolute atomic E-state index is 0.0139. The van der Waals surface area contributed by atoms with Crippen LogP contribution in [-0.2, 0) is 9.59 Å². The van der Waals surface area contributed by atoms with Crippen LogP contribution in [0.15, 0.2) is 0 Å². The van der Waals surface area contributed by atoms with Crippen LogP contribution in [0.1, 0.15) is 27.2 Å². The predicted molar refractivity (Wildman–Crippen MR) is 67.6 cm³/mol. The van der Waals surface area contributed by atoms with Crippen LogP contribution in [-0.4, -0.2) is 45.1 Å². The lowest BCUT2D eigenvalue weighted by molar-refractivity contribution is -0.150. The van der Waals surface area contributed by atoms with Crippen LogP contribution in [0.2, 0.25) is 0 Å². The van der Waals surface area contributed by atoms with Gasteiger partial charge in [0.1, 0.15) is 6.04 Å². The van der Waals surface area contributed by atoms with E-state index in [1.165, 1.54) is 16.7 Å². The lowest BCUT2D eigenvalue weighted by atomic mass is 10.0. The molecule has 1 amide bonds. The zero-order valence-corrected chi connectivity index (χ0v) is 11.2. The van der Waals surface area contributed by atoms with Gasteiger partial charge in [0.05, 0.1) is 11.4 Å². The molecule has 1 saturated heterocycles. The molecule has 1 aliphatic rings. The van der Waals surface area contributed by atoms with Crippen molar-refractivity contribution in [1.82, 2.24) is 4.90 Å². The Kier molecular flexibility index (Phi) is 4.82. The van der Waals surface area contributed by atoms with E-state index < -0.39 is 18.1 Å². The number of aliphatic carboxylic acids is 1. The molecular formula is C11H20N2O3S. The Morgan fingerprint density at radius 1 is 1.53 bits per heavy atom. The molecule has 0 aromatic rings. The quantitative estimate of drug-likeness (QED) is 0.778. The Bertz CT molecular complexity index is 309. The fourth-order valence-corrected chi connectivity index (χ4v) is 3.18. The minimum Gasteiger partial charge on any atom is -0.480 e. The molecule has 1 fully saturated rings. The van der Waals surface area contributed by atoms with Crippen molar-refractivity contribution in [3.8, 4) is 0 Å². The maximum atomic E-state index is 12.2. The first kappa shape index (κ1) is 14.3. The van der Waals surface area contributed by atoms with Crippen LogP contribution in [0.25, 0.3) is 0 Å². The highest BCUT2D eigenvalue weighted by molar-refractivity contribution is 8.00. The summed E-state index contributed by atoms with van der Waals surface area (Å²) in [4.78, 5) is 24.8. The third-order valence-electron chi connectivity index (χ3n) is 2.98. The predicted octanol–water partition coefficient (Wildman–Crippen LogP) is 0.734. The fraction of sp³-hybridized carbons (Fsp3) is 0.818. The van der Waals surface area contributed by atoms with Gasteiger partial charge >= 0.3 is 5.97 Å². The van der Waals surface area contributed by atoms with Gasteiger partial charge in [-0.25, -0.2) is 4.79 Å². The average Bonchev–Trinajstić information content (AvgIpc) is 2.70. The van der Waals surface area contributed by atoms with E-state index in [0.29, 0.717) is 5.75 Å². The van der Waals surface area contributed by atoms with Crippen molar-refractivity contribution in [1.29, 1.82) is 0 Å². The Morgan fingerprint density at radius 3 is 2.53 bits per heavy atom. The van der Waals surface area contributed by atoms with E-state index in [9.17, 15) is 9.59 Å². The summed E-state index contributed by atoms with van der Waals surface area (Å²) in [5.74, 6) is -0.730. The second kappa shape index (κ2) is 5.73. The normalized spacial score (nSPS) is 26.3. The second-order valence-corrected chi connectivity index (χ2v) is 5.78. The number of carboxylic acids is 1. The monoisotopic (exact) mass is 260 g/mol. The minimum atomic E-state index is -0.947. The largest absolute Gasteiger partial charge is 0.480 e. The van der Waals surface area contributed by atoms with Gasteiger partial charge in [-0.2, -0.15) is 0 Å². The summed E-state index contributed by atoms with van der Waals surface area (Å²) in [5.41, 5.74) is 5.83. The van der Waals surface area contributed by atoms with Crippen LogP contribution >= 0.6 is 11.8 Å². The van der Waals surface area contributed by atoms with E-state index in [1.54, 1.807) is 0 Å². The van der Waals surface area contributed by atoms with E-state index >= 15 is 0 Å². The van der Waals surface area contributed by atoms with Gasteiger partial charge in [-0.05, 0) is 12.3 Å². The SMILES string of the molecule is CCC1SCC(C(=O)O)N1C(=O)C(N)C(C)C. The number of nitrogens with zero attached hydrogens (tertiary/aromatic N) is 1. The first-order valence-electron chi connectivity index (χ1n) is 5.82. The standard InChI is InChI=1S/C11H20N2O3S/c1-4-8-13(7(5-17-8)11(15)16)10(14)9(12)6(2)3/h6-9H,4-5,12H2,1-3H3,(H,15,16). The van der Waals surface area contributed by atoms with Crippen LogP contribution in [0.5, 0.6) is 0 Å². The third kappa shape index (κ3) is 2.93. The summed E-state index contributed by atoms with van der Waals surface area (Å²) in [5, 5.41) is 9.06. The van der Waals surface area contributed by atoms with Gasteiger partial charge in [-0.1, -0.05) is 20.8 Å². The van der Waals surface area contributed by atoms with Gasteiger partial charge in [0, 0.05) is 5.75 Å². The molecule has 1 heterocycles. The van der Waals surface area contributed by atoms with Gasteiger partial charge in [0.2, 0.25) is 5.91 Å². The number of carbonyl (C=O) groups excluding carboxylic acids is 1. The molecule has 0 aliphatic carbocycles. The van der Waals surface area contributed by atoms with E-state index in [1.807, 2.05) is 20.8 Å². The van der Waals surface area contributed by atoms with Crippen molar-refractivity contribution in [2.24, 2.45) is 11.7 Å². The number of carboxylic acid groups (broad SMARTS) is 1. The number of nitrogens with two attached hydrogens (primary N) is 1. The van der Waals surface area contributed by atoms with Gasteiger partial charge in [-0.15, -0.1) is 11.8 Å². The van der Waals surface area contributed by atoms with E-state index in [0.717, 1.165) is 6.42 Å². The number of thioether (sulfide) groups is 1. The molecule has 0 saturated carbocycles. The maximum absolute atomic E-state index is 12.2. The first-order chi connectivity index (χ1) is 7.90.